The first-order valence-electron chi connectivity index (χ1n) is 10.0. The van der Waals surface area contributed by atoms with Crippen LogP contribution < -0.4 is 0 Å². The van der Waals surface area contributed by atoms with Gasteiger partial charge < -0.3 is 4.90 Å². The van der Waals surface area contributed by atoms with Gasteiger partial charge in [0.2, 0.25) is 15.9 Å². The summed E-state index contributed by atoms with van der Waals surface area (Å²) in [5.41, 5.74) is 3.29. The first-order valence-corrected chi connectivity index (χ1v) is 11.6. The minimum Gasteiger partial charge on any atom is -0.339 e. The quantitative estimate of drug-likeness (QED) is 0.741. The smallest absolute Gasteiger partial charge is 0.268 e. The number of carbonyl (C=O) groups excluding carboxylic acids is 2. The van der Waals surface area contributed by atoms with Crippen LogP contribution in [0.5, 0.6) is 0 Å². The third-order valence-electron chi connectivity index (χ3n) is 5.64. The number of benzene rings is 2. The number of rotatable bonds is 4. The molecular weight excluding hydrogens is 402 g/mol. The van der Waals surface area contributed by atoms with Crippen LogP contribution in [0.1, 0.15) is 27.0 Å². The van der Waals surface area contributed by atoms with E-state index in [0.29, 0.717) is 37.3 Å². The van der Waals surface area contributed by atoms with Crippen LogP contribution in [-0.2, 0) is 27.1 Å². The number of carbonyl (C=O) groups is 2. The molecule has 0 unspecified atom stereocenters. The molecule has 0 radical (unpaired) electrons. The molecule has 0 N–H and O–H groups in total. The number of sulfonamides is 1. The molecule has 2 heterocycles. The minimum atomic E-state index is -3.85. The third-order valence-corrected chi connectivity index (χ3v) is 7.28. The summed E-state index contributed by atoms with van der Waals surface area (Å²) in [5.74, 6) is -1.21. The Morgan fingerprint density at radius 1 is 1.00 bits per heavy atom. The number of hydrogen-bond donors (Lipinski definition) is 0. The van der Waals surface area contributed by atoms with Crippen LogP contribution in [0.3, 0.4) is 0 Å². The van der Waals surface area contributed by atoms with Gasteiger partial charge in [0.15, 0.2) is 0 Å². The van der Waals surface area contributed by atoms with Crippen molar-refractivity contribution in [1.82, 2.24) is 14.1 Å². The number of aryl methyl sites for hydroxylation is 1. The van der Waals surface area contributed by atoms with E-state index in [-0.39, 0.29) is 11.7 Å². The number of nitrogens with zero attached hydrogens (tertiary/aromatic N) is 3. The first-order chi connectivity index (χ1) is 14.3. The van der Waals surface area contributed by atoms with Crippen molar-refractivity contribution in [3.8, 4) is 0 Å². The number of amides is 2. The molecule has 2 aromatic carbocycles. The van der Waals surface area contributed by atoms with E-state index in [2.05, 4.69) is 30.0 Å². The zero-order valence-corrected chi connectivity index (χ0v) is 17.8. The van der Waals surface area contributed by atoms with Gasteiger partial charge in [-0.1, -0.05) is 48.0 Å². The van der Waals surface area contributed by atoms with Gasteiger partial charge in [-0.05, 0) is 24.1 Å². The Morgan fingerprint density at radius 2 is 1.73 bits per heavy atom. The van der Waals surface area contributed by atoms with Crippen molar-refractivity contribution < 1.29 is 18.0 Å². The molecule has 0 spiro atoms. The number of hydrogen-bond acceptors (Lipinski definition) is 5. The van der Waals surface area contributed by atoms with Crippen LogP contribution in [0.2, 0.25) is 0 Å². The Bertz CT molecular complexity index is 1080. The fourth-order valence-corrected chi connectivity index (χ4v) is 5.47. The molecule has 30 heavy (non-hydrogen) atoms. The molecule has 0 saturated carbocycles. The second-order valence-corrected chi connectivity index (χ2v) is 9.76. The molecule has 0 aliphatic carbocycles. The Labute approximate surface area is 176 Å². The van der Waals surface area contributed by atoms with Gasteiger partial charge >= 0.3 is 0 Å². The summed E-state index contributed by atoms with van der Waals surface area (Å²) in [6.45, 7) is 4.90. The van der Waals surface area contributed by atoms with Crippen LogP contribution >= 0.6 is 0 Å². The standard InChI is InChI=1S/C22H25N3O4S/c1-17-5-4-6-18(13-17)14-23-9-11-24(12-10-23)21(26)15-25-22(27)20-8-3-2-7-19(20)16-30(25,28)29/h2-8,13H,9-12,14-16H2,1H3. The zero-order valence-electron chi connectivity index (χ0n) is 17.0. The van der Waals surface area contributed by atoms with Gasteiger partial charge in [0, 0.05) is 38.3 Å². The largest absolute Gasteiger partial charge is 0.339 e. The average Bonchev–Trinajstić information content (AvgIpc) is 2.71. The lowest BCUT2D eigenvalue weighted by Crippen LogP contribution is -2.53. The maximum absolute atomic E-state index is 12.8. The van der Waals surface area contributed by atoms with Crippen LogP contribution in [0.4, 0.5) is 0 Å². The maximum Gasteiger partial charge on any atom is 0.268 e. The summed E-state index contributed by atoms with van der Waals surface area (Å²) in [6.07, 6.45) is 0. The van der Waals surface area contributed by atoms with E-state index in [1.807, 2.05) is 6.07 Å². The molecule has 1 fully saturated rings. The monoisotopic (exact) mass is 427 g/mol. The zero-order chi connectivity index (χ0) is 21.3. The summed E-state index contributed by atoms with van der Waals surface area (Å²) in [7, 11) is -3.85. The van der Waals surface area contributed by atoms with E-state index in [1.165, 1.54) is 11.1 Å². The third kappa shape index (κ3) is 4.24. The fourth-order valence-electron chi connectivity index (χ4n) is 4.01. The summed E-state index contributed by atoms with van der Waals surface area (Å²) < 4.78 is 25.9. The molecule has 1 saturated heterocycles. The lowest BCUT2D eigenvalue weighted by atomic mass is 10.1. The van der Waals surface area contributed by atoms with Crippen molar-refractivity contribution in [3.05, 3.63) is 70.8 Å². The van der Waals surface area contributed by atoms with Gasteiger partial charge in [-0.3, -0.25) is 14.5 Å². The second-order valence-electron chi connectivity index (χ2n) is 7.87. The Hall–Kier alpha value is -2.71. The lowest BCUT2D eigenvalue weighted by molar-refractivity contribution is -0.132. The van der Waals surface area contributed by atoms with Crippen molar-refractivity contribution >= 4 is 21.8 Å². The molecule has 2 aliphatic rings. The molecule has 4 rings (SSSR count). The maximum atomic E-state index is 12.8. The molecule has 0 bridgehead atoms. The van der Waals surface area contributed by atoms with Gasteiger partial charge in [-0.2, -0.15) is 0 Å². The number of piperazine rings is 1. The van der Waals surface area contributed by atoms with Gasteiger partial charge in [0.05, 0.1) is 5.75 Å². The SMILES string of the molecule is Cc1cccc(CN2CCN(C(=O)CN3C(=O)c4ccccc4CS3(=O)=O)CC2)c1. The first kappa shape index (κ1) is 20.6. The highest BCUT2D eigenvalue weighted by molar-refractivity contribution is 7.89. The highest BCUT2D eigenvalue weighted by atomic mass is 32.2. The average molecular weight is 428 g/mol. The van der Waals surface area contributed by atoms with Crippen LogP contribution in [-0.4, -0.2) is 67.1 Å². The van der Waals surface area contributed by atoms with Crippen LogP contribution in [0.15, 0.2) is 48.5 Å². The highest BCUT2D eigenvalue weighted by Crippen LogP contribution is 2.24. The van der Waals surface area contributed by atoms with Crippen LogP contribution in [0.25, 0.3) is 0 Å². The van der Waals surface area contributed by atoms with E-state index >= 15 is 0 Å². The minimum absolute atomic E-state index is 0.257. The summed E-state index contributed by atoms with van der Waals surface area (Å²) in [4.78, 5) is 29.4. The molecule has 0 aromatic heterocycles. The van der Waals surface area contributed by atoms with Gasteiger partial charge in [0.25, 0.3) is 5.91 Å². The molecule has 158 valence electrons. The van der Waals surface area contributed by atoms with Crippen LogP contribution in [0, 0.1) is 6.92 Å². The van der Waals surface area contributed by atoms with E-state index in [0.717, 1.165) is 10.8 Å². The molecule has 2 amide bonds. The molecule has 0 atom stereocenters. The Morgan fingerprint density at radius 3 is 2.47 bits per heavy atom. The predicted octanol–water partition coefficient (Wildman–Crippen LogP) is 1.63. The Kier molecular flexibility index (Phi) is 5.62. The van der Waals surface area contributed by atoms with Crippen molar-refractivity contribution in [2.75, 3.05) is 32.7 Å². The fraction of sp³-hybridized carbons (Fsp3) is 0.364. The van der Waals surface area contributed by atoms with Crippen molar-refractivity contribution in [1.29, 1.82) is 0 Å². The normalized spacial score (nSPS) is 18.9. The topological polar surface area (TPSA) is 78.0 Å². The van der Waals surface area contributed by atoms with Crippen molar-refractivity contribution in [3.63, 3.8) is 0 Å². The number of fused-ring (bicyclic) bond motifs is 1. The Balaban J connectivity index is 1.37. The van der Waals surface area contributed by atoms with E-state index < -0.39 is 22.5 Å². The van der Waals surface area contributed by atoms with E-state index in [4.69, 9.17) is 0 Å². The van der Waals surface area contributed by atoms with Gasteiger partial charge in [-0.15, -0.1) is 0 Å². The van der Waals surface area contributed by atoms with E-state index in [1.54, 1.807) is 29.2 Å². The van der Waals surface area contributed by atoms with Crippen molar-refractivity contribution in [2.24, 2.45) is 0 Å². The molecule has 8 heteroatoms. The molecule has 2 aromatic rings. The summed E-state index contributed by atoms with van der Waals surface area (Å²) in [5, 5.41) is 0. The lowest BCUT2D eigenvalue weighted by Gasteiger charge is -2.36. The highest BCUT2D eigenvalue weighted by Gasteiger charge is 2.38. The molecular formula is C22H25N3O4S. The summed E-state index contributed by atoms with van der Waals surface area (Å²) in [6, 6.07) is 15.0. The second kappa shape index (κ2) is 8.20. The van der Waals surface area contributed by atoms with Crippen molar-refractivity contribution in [2.45, 2.75) is 19.2 Å². The van der Waals surface area contributed by atoms with Gasteiger partial charge in [0.1, 0.15) is 6.54 Å². The predicted molar refractivity (Wildman–Crippen MR) is 113 cm³/mol. The van der Waals surface area contributed by atoms with Gasteiger partial charge in [-0.25, -0.2) is 12.7 Å². The molecule has 7 nitrogen and oxygen atoms in total. The summed E-state index contributed by atoms with van der Waals surface area (Å²) >= 11 is 0. The molecule has 2 aliphatic heterocycles. The van der Waals surface area contributed by atoms with E-state index in [9.17, 15) is 18.0 Å².